The minimum atomic E-state index is -1.33. The van der Waals surface area contributed by atoms with Gasteiger partial charge in [-0.3, -0.25) is 4.79 Å². The molecule has 6 heteroatoms. The highest BCUT2D eigenvalue weighted by Gasteiger charge is 2.33. The predicted octanol–water partition coefficient (Wildman–Crippen LogP) is 0.941. The maximum absolute atomic E-state index is 11.7. The minimum absolute atomic E-state index is 0.191. The molecule has 0 fully saturated rings. The van der Waals surface area contributed by atoms with E-state index in [4.69, 9.17) is 10.2 Å². The smallest absolute Gasteiger partial charge is 0.353 e. The molecular formula is C11H11NO5. The van der Waals surface area contributed by atoms with Gasteiger partial charge in [0.1, 0.15) is 5.69 Å². The third kappa shape index (κ3) is 1.52. The van der Waals surface area contributed by atoms with Gasteiger partial charge in [0.05, 0.1) is 11.3 Å². The molecule has 17 heavy (non-hydrogen) atoms. The topological polar surface area (TPSA) is 96.6 Å². The van der Waals surface area contributed by atoms with Crippen LogP contribution in [0.5, 0.6) is 0 Å². The predicted molar refractivity (Wildman–Crippen MR) is 56.6 cm³/mol. The van der Waals surface area contributed by atoms with Crippen LogP contribution < -0.4 is 0 Å². The molecule has 0 spiro atoms. The molecule has 0 aromatic carbocycles. The summed E-state index contributed by atoms with van der Waals surface area (Å²) in [5.41, 5.74) is 0.0144. The van der Waals surface area contributed by atoms with Crippen molar-refractivity contribution < 1.29 is 24.6 Å². The van der Waals surface area contributed by atoms with Crippen LogP contribution >= 0.6 is 0 Å². The van der Waals surface area contributed by atoms with Gasteiger partial charge in [0.2, 0.25) is 0 Å². The average molecular weight is 237 g/mol. The molecule has 0 saturated heterocycles. The summed E-state index contributed by atoms with van der Waals surface area (Å²) in [6.07, 6.45) is 1.34. The molecule has 6 nitrogen and oxygen atoms in total. The fourth-order valence-electron chi connectivity index (χ4n) is 2.37. The zero-order chi connectivity index (χ0) is 12.7. The van der Waals surface area contributed by atoms with Crippen molar-refractivity contribution in [3.8, 4) is 0 Å². The molecule has 1 heterocycles. The van der Waals surface area contributed by atoms with E-state index in [0.717, 1.165) is 0 Å². The van der Waals surface area contributed by atoms with Gasteiger partial charge in [-0.25, -0.2) is 9.59 Å². The van der Waals surface area contributed by atoms with Gasteiger partial charge in [-0.2, -0.15) is 0 Å². The van der Waals surface area contributed by atoms with E-state index in [1.54, 1.807) is 0 Å². The monoisotopic (exact) mass is 237 g/mol. The number of hydrogen-bond acceptors (Lipinski definition) is 3. The Balaban J connectivity index is 2.81. The molecular weight excluding hydrogens is 226 g/mol. The number of carbonyl (C=O) groups is 3. The number of fused-ring (bicyclic) bond motifs is 1. The van der Waals surface area contributed by atoms with Crippen LogP contribution in [0.4, 0.5) is 0 Å². The van der Waals surface area contributed by atoms with E-state index < -0.39 is 11.9 Å². The first kappa shape index (κ1) is 11.4. The van der Waals surface area contributed by atoms with Crippen molar-refractivity contribution in [2.24, 2.45) is 7.05 Å². The molecule has 1 aromatic rings. The zero-order valence-electron chi connectivity index (χ0n) is 9.19. The first-order valence-electron chi connectivity index (χ1n) is 5.16. The van der Waals surface area contributed by atoms with E-state index in [9.17, 15) is 14.4 Å². The highest BCUT2D eigenvalue weighted by molar-refractivity contribution is 6.08. The lowest BCUT2D eigenvalue weighted by atomic mass is 9.93. The Morgan fingerprint density at radius 1 is 1.18 bits per heavy atom. The van der Waals surface area contributed by atoms with Crippen LogP contribution in [-0.2, 0) is 13.5 Å². The first-order chi connectivity index (χ1) is 7.95. The third-order valence-corrected chi connectivity index (χ3v) is 3.01. The molecule has 2 N–H and O–H groups in total. The number of carboxylic acids is 2. The lowest BCUT2D eigenvalue weighted by Crippen LogP contribution is -2.15. The largest absolute Gasteiger partial charge is 0.478 e. The Kier molecular flexibility index (Phi) is 2.49. The highest BCUT2D eigenvalue weighted by Crippen LogP contribution is 2.29. The van der Waals surface area contributed by atoms with E-state index in [0.29, 0.717) is 24.8 Å². The fraction of sp³-hybridized carbons (Fsp3) is 0.364. The van der Waals surface area contributed by atoms with E-state index in [2.05, 4.69) is 0 Å². The molecule has 0 aliphatic heterocycles. The summed E-state index contributed by atoms with van der Waals surface area (Å²) in [5.74, 6) is -2.81. The Hall–Kier alpha value is -2.11. The van der Waals surface area contributed by atoms with E-state index in [1.807, 2.05) is 0 Å². The second kappa shape index (κ2) is 3.73. The van der Waals surface area contributed by atoms with E-state index in [1.165, 1.54) is 11.6 Å². The van der Waals surface area contributed by atoms with Gasteiger partial charge in [0, 0.05) is 13.5 Å². The van der Waals surface area contributed by atoms with Crippen molar-refractivity contribution in [1.29, 1.82) is 0 Å². The summed E-state index contributed by atoms with van der Waals surface area (Å²) in [5, 5.41) is 18.1. The van der Waals surface area contributed by atoms with E-state index in [-0.39, 0.29) is 22.7 Å². The maximum Gasteiger partial charge on any atom is 0.353 e. The third-order valence-electron chi connectivity index (χ3n) is 3.01. The lowest BCUT2D eigenvalue weighted by molar-refractivity contribution is 0.0644. The van der Waals surface area contributed by atoms with Crippen molar-refractivity contribution in [2.45, 2.75) is 19.3 Å². The van der Waals surface area contributed by atoms with Crippen LogP contribution in [0, 0.1) is 0 Å². The molecule has 0 saturated carbocycles. The van der Waals surface area contributed by atoms with Gasteiger partial charge < -0.3 is 14.8 Å². The first-order valence-corrected chi connectivity index (χ1v) is 5.16. The maximum atomic E-state index is 11.7. The Labute approximate surface area is 96.5 Å². The van der Waals surface area contributed by atoms with Crippen LogP contribution in [0.25, 0.3) is 0 Å². The molecule has 0 radical (unpaired) electrons. The summed E-state index contributed by atoms with van der Waals surface area (Å²) in [7, 11) is 1.41. The number of aromatic carboxylic acids is 2. The van der Waals surface area contributed by atoms with Crippen LogP contribution in [-0.4, -0.2) is 32.5 Å². The van der Waals surface area contributed by atoms with Crippen LogP contribution in [0.3, 0.4) is 0 Å². The molecule has 0 atom stereocenters. The summed E-state index contributed by atoms with van der Waals surface area (Å²) >= 11 is 0. The van der Waals surface area contributed by atoms with Crippen molar-refractivity contribution in [2.75, 3.05) is 0 Å². The number of rotatable bonds is 2. The molecule has 1 aliphatic carbocycles. The Bertz CT molecular complexity index is 541. The van der Waals surface area contributed by atoms with Gasteiger partial charge >= 0.3 is 11.9 Å². The van der Waals surface area contributed by atoms with Crippen molar-refractivity contribution in [3.05, 3.63) is 22.5 Å². The van der Waals surface area contributed by atoms with Gasteiger partial charge in [-0.05, 0) is 18.4 Å². The van der Waals surface area contributed by atoms with Crippen molar-refractivity contribution in [1.82, 2.24) is 4.57 Å². The second-order valence-electron chi connectivity index (χ2n) is 4.00. The number of aromatic nitrogens is 1. The van der Waals surface area contributed by atoms with Gasteiger partial charge in [-0.15, -0.1) is 0 Å². The van der Waals surface area contributed by atoms with Crippen molar-refractivity contribution >= 4 is 17.7 Å². The summed E-state index contributed by atoms with van der Waals surface area (Å²) in [6.45, 7) is 0. The average Bonchev–Trinajstić information content (AvgIpc) is 2.53. The number of ketones is 1. The summed E-state index contributed by atoms with van der Waals surface area (Å²) in [6, 6.07) is 0. The van der Waals surface area contributed by atoms with Crippen LogP contribution in [0.1, 0.15) is 49.7 Å². The molecule has 0 bridgehead atoms. The minimum Gasteiger partial charge on any atom is -0.478 e. The Morgan fingerprint density at radius 2 is 1.82 bits per heavy atom. The quantitative estimate of drug-likeness (QED) is 0.797. The second-order valence-corrected chi connectivity index (χ2v) is 4.00. The number of nitrogens with zero attached hydrogens (tertiary/aromatic N) is 1. The van der Waals surface area contributed by atoms with Gasteiger partial charge in [0.15, 0.2) is 5.78 Å². The van der Waals surface area contributed by atoms with Gasteiger partial charge in [0.25, 0.3) is 0 Å². The molecule has 0 unspecified atom stereocenters. The van der Waals surface area contributed by atoms with Crippen LogP contribution in [0.15, 0.2) is 0 Å². The molecule has 1 aromatic heterocycles. The SMILES string of the molecule is Cn1c2c(c(C(=O)O)c1C(=O)O)CCCC2=O. The summed E-state index contributed by atoms with van der Waals surface area (Å²) < 4.78 is 1.18. The van der Waals surface area contributed by atoms with Crippen LogP contribution in [0.2, 0.25) is 0 Å². The number of hydrogen-bond donors (Lipinski definition) is 2. The van der Waals surface area contributed by atoms with Gasteiger partial charge in [-0.1, -0.05) is 0 Å². The zero-order valence-corrected chi connectivity index (χ0v) is 9.19. The number of carboxylic acid groups (broad SMARTS) is 2. The fourth-order valence-corrected chi connectivity index (χ4v) is 2.37. The van der Waals surface area contributed by atoms with Crippen molar-refractivity contribution in [3.63, 3.8) is 0 Å². The molecule has 0 amide bonds. The molecule has 90 valence electrons. The molecule has 2 rings (SSSR count). The van der Waals surface area contributed by atoms with E-state index >= 15 is 0 Å². The standard InChI is InChI=1S/C11H11NO5/c1-12-8-5(3-2-4-6(8)13)7(10(14)15)9(12)11(16)17/h2-4H2,1H3,(H,14,15)(H,16,17). The normalized spacial score (nSPS) is 14.5. The Morgan fingerprint density at radius 3 is 2.35 bits per heavy atom. The lowest BCUT2D eigenvalue weighted by Gasteiger charge is -2.12. The molecule has 1 aliphatic rings. The highest BCUT2D eigenvalue weighted by atomic mass is 16.4. The number of carbonyl (C=O) groups excluding carboxylic acids is 1. The number of Topliss-reactive ketones (excluding diaryl/α,β-unsaturated/α-hetero) is 1. The summed E-state index contributed by atoms with van der Waals surface area (Å²) in [4.78, 5) is 33.9.